The Labute approximate surface area is 158 Å². The SMILES string of the molecule is COC1C/C(=C\c2ccc(C)cc2)C(=O)/C(=C/c2ccc(N=[N+]=[N-])cc2)C1. The number of methoxy groups -OCH3 is 1. The van der Waals surface area contributed by atoms with E-state index in [9.17, 15) is 4.79 Å². The summed E-state index contributed by atoms with van der Waals surface area (Å²) < 4.78 is 5.56. The van der Waals surface area contributed by atoms with E-state index in [0.29, 0.717) is 18.5 Å². The van der Waals surface area contributed by atoms with Crippen LogP contribution in [-0.2, 0) is 9.53 Å². The van der Waals surface area contributed by atoms with Crippen molar-refractivity contribution in [2.45, 2.75) is 25.9 Å². The van der Waals surface area contributed by atoms with E-state index < -0.39 is 0 Å². The summed E-state index contributed by atoms with van der Waals surface area (Å²) in [5, 5.41) is 3.56. The third-order valence-corrected chi connectivity index (χ3v) is 4.62. The zero-order valence-corrected chi connectivity index (χ0v) is 15.4. The molecule has 1 saturated carbocycles. The van der Waals surface area contributed by atoms with Crippen LogP contribution in [0.5, 0.6) is 0 Å². The number of carbonyl (C=O) groups is 1. The minimum atomic E-state index is -0.0203. The molecule has 0 amide bonds. The Morgan fingerprint density at radius 3 is 2.00 bits per heavy atom. The second-order valence-corrected chi connectivity index (χ2v) is 6.63. The minimum absolute atomic E-state index is 0.0203. The summed E-state index contributed by atoms with van der Waals surface area (Å²) in [6, 6.07) is 15.2. The summed E-state index contributed by atoms with van der Waals surface area (Å²) in [4.78, 5) is 15.7. The van der Waals surface area contributed by atoms with Crippen LogP contribution in [-0.4, -0.2) is 19.0 Å². The van der Waals surface area contributed by atoms with Gasteiger partial charge in [-0.3, -0.25) is 4.79 Å². The number of Topliss-reactive ketones (excluding diaryl/α,β-unsaturated/α-hetero) is 1. The van der Waals surface area contributed by atoms with Crippen LogP contribution < -0.4 is 0 Å². The van der Waals surface area contributed by atoms with Crippen molar-refractivity contribution in [1.82, 2.24) is 0 Å². The monoisotopic (exact) mass is 359 g/mol. The number of carbonyl (C=O) groups excluding carboxylic acids is 1. The molecule has 0 spiro atoms. The van der Waals surface area contributed by atoms with Gasteiger partial charge in [0, 0.05) is 41.7 Å². The molecule has 0 aromatic heterocycles. The molecule has 1 aliphatic carbocycles. The largest absolute Gasteiger partial charge is 0.381 e. The van der Waals surface area contributed by atoms with Gasteiger partial charge < -0.3 is 4.74 Å². The Morgan fingerprint density at radius 1 is 1.00 bits per heavy atom. The van der Waals surface area contributed by atoms with E-state index in [2.05, 4.69) is 10.0 Å². The Kier molecular flexibility index (Phi) is 5.87. The molecule has 27 heavy (non-hydrogen) atoms. The maximum absolute atomic E-state index is 13.0. The van der Waals surface area contributed by atoms with Gasteiger partial charge in [-0.2, -0.15) is 0 Å². The van der Waals surface area contributed by atoms with Crippen molar-refractivity contribution in [2.75, 3.05) is 7.11 Å². The van der Waals surface area contributed by atoms with E-state index in [4.69, 9.17) is 10.3 Å². The second-order valence-electron chi connectivity index (χ2n) is 6.63. The number of hydrogen-bond donors (Lipinski definition) is 0. The first-order chi connectivity index (χ1) is 13.1. The van der Waals surface area contributed by atoms with Gasteiger partial charge in [-0.15, -0.1) is 0 Å². The molecule has 0 saturated heterocycles. The molecule has 0 heterocycles. The average Bonchev–Trinajstić information content (AvgIpc) is 2.68. The van der Waals surface area contributed by atoms with Crippen LogP contribution in [0.25, 0.3) is 22.6 Å². The lowest BCUT2D eigenvalue weighted by Gasteiger charge is -2.24. The van der Waals surface area contributed by atoms with E-state index in [1.54, 1.807) is 19.2 Å². The van der Waals surface area contributed by atoms with E-state index in [0.717, 1.165) is 22.3 Å². The number of nitrogens with zero attached hydrogens (tertiary/aromatic N) is 3. The molecule has 1 aliphatic rings. The molecule has 0 radical (unpaired) electrons. The summed E-state index contributed by atoms with van der Waals surface area (Å²) in [7, 11) is 1.68. The number of hydrogen-bond acceptors (Lipinski definition) is 3. The quantitative estimate of drug-likeness (QED) is 0.300. The molecule has 1 fully saturated rings. The molecule has 1 unspecified atom stereocenters. The van der Waals surface area contributed by atoms with E-state index >= 15 is 0 Å². The number of azide groups is 1. The van der Waals surface area contributed by atoms with Crippen LogP contribution in [0, 0.1) is 6.92 Å². The van der Waals surface area contributed by atoms with E-state index in [1.807, 2.05) is 55.5 Å². The van der Waals surface area contributed by atoms with Crippen LogP contribution in [0.4, 0.5) is 5.69 Å². The van der Waals surface area contributed by atoms with Gasteiger partial charge in [0.25, 0.3) is 0 Å². The Morgan fingerprint density at radius 2 is 1.52 bits per heavy atom. The normalized spacial score (nSPS) is 19.9. The van der Waals surface area contributed by atoms with Gasteiger partial charge in [0.05, 0.1) is 6.10 Å². The molecule has 3 rings (SSSR count). The number of rotatable bonds is 4. The fourth-order valence-electron chi connectivity index (χ4n) is 3.12. The molecule has 2 aromatic carbocycles. The summed E-state index contributed by atoms with van der Waals surface area (Å²) >= 11 is 0. The molecule has 0 bridgehead atoms. The number of ketones is 1. The van der Waals surface area contributed by atoms with Gasteiger partial charge in [-0.05, 0) is 35.7 Å². The fraction of sp³-hybridized carbons (Fsp3) is 0.227. The lowest BCUT2D eigenvalue weighted by atomic mass is 9.85. The first kappa shape index (κ1) is 18.6. The molecule has 5 nitrogen and oxygen atoms in total. The highest BCUT2D eigenvalue weighted by Crippen LogP contribution is 2.30. The van der Waals surface area contributed by atoms with Gasteiger partial charge >= 0.3 is 0 Å². The third kappa shape index (κ3) is 4.73. The first-order valence-electron chi connectivity index (χ1n) is 8.79. The van der Waals surface area contributed by atoms with E-state index in [-0.39, 0.29) is 11.9 Å². The Hall–Kier alpha value is -3.14. The molecule has 5 heteroatoms. The molecule has 2 aromatic rings. The molecule has 0 N–H and O–H groups in total. The van der Waals surface area contributed by atoms with Crippen molar-refractivity contribution < 1.29 is 9.53 Å². The Balaban J connectivity index is 1.91. The highest BCUT2D eigenvalue weighted by molar-refractivity contribution is 6.14. The standard InChI is InChI=1S/C22H21N3O2/c1-15-3-5-16(6-4-15)11-18-13-21(27-2)14-19(22(18)26)12-17-7-9-20(10-8-17)24-25-23/h3-12,21H,13-14H2,1-2H3/b18-11+,19-12+. The van der Waals surface area contributed by atoms with Crippen molar-refractivity contribution in [3.8, 4) is 0 Å². The van der Waals surface area contributed by atoms with Crippen LogP contribution >= 0.6 is 0 Å². The maximum atomic E-state index is 13.0. The van der Waals surface area contributed by atoms with Crippen LogP contribution in [0.15, 0.2) is 64.8 Å². The molecule has 136 valence electrons. The van der Waals surface area contributed by atoms with Crippen molar-refractivity contribution in [2.24, 2.45) is 5.11 Å². The zero-order valence-electron chi connectivity index (χ0n) is 15.4. The van der Waals surface area contributed by atoms with Crippen molar-refractivity contribution >= 4 is 23.6 Å². The van der Waals surface area contributed by atoms with Crippen LogP contribution in [0.3, 0.4) is 0 Å². The summed E-state index contributed by atoms with van der Waals surface area (Å²) in [6.07, 6.45) is 5.00. The Bertz CT molecular complexity index is 935. The summed E-state index contributed by atoms with van der Waals surface area (Å²) in [6.45, 7) is 2.04. The number of ether oxygens (including phenoxy) is 1. The topological polar surface area (TPSA) is 75.1 Å². The predicted molar refractivity (Wildman–Crippen MR) is 107 cm³/mol. The molecular weight excluding hydrogens is 338 g/mol. The van der Waals surface area contributed by atoms with Gasteiger partial charge in [0.1, 0.15) is 0 Å². The zero-order chi connectivity index (χ0) is 19.2. The van der Waals surface area contributed by atoms with Crippen molar-refractivity contribution in [3.63, 3.8) is 0 Å². The summed E-state index contributed by atoms with van der Waals surface area (Å²) in [5.74, 6) is 0.0583. The van der Waals surface area contributed by atoms with Gasteiger partial charge in [-0.25, -0.2) is 0 Å². The van der Waals surface area contributed by atoms with Gasteiger partial charge in [0.15, 0.2) is 5.78 Å². The lowest BCUT2D eigenvalue weighted by Crippen LogP contribution is -2.25. The van der Waals surface area contributed by atoms with E-state index in [1.165, 1.54) is 5.56 Å². The van der Waals surface area contributed by atoms with Crippen LogP contribution in [0.1, 0.15) is 29.5 Å². The molecular formula is C22H21N3O2. The highest BCUT2D eigenvalue weighted by Gasteiger charge is 2.27. The fourth-order valence-corrected chi connectivity index (χ4v) is 3.12. The number of benzene rings is 2. The summed E-state index contributed by atoms with van der Waals surface area (Å²) in [5.41, 5.74) is 13.6. The van der Waals surface area contributed by atoms with Gasteiger partial charge in [-0.1, -0.05) is 59.2 Å². The third-order valence-electron chi connectivity index (χ3n) is 4.62. The van der Waals surface area contributed by atoms with Crippen molar-refractivity contribution in [3.05, 3.63) is 86.8 Å². The van der Waals surface area contributed by atoms with Crippen LogP contribution in [0.2, 0.25) is 0 Å². The highest BCUT2D eigenvalue weighted by atomic mass is 16.5. The average molecular weight is 359 g/mol. The molecule has 0 aliphatic heterocycles. The lowest BCUT2D eigenvalue weighted by molar-refractivity contribution is -0.113. The first-order valence-corrected chi connectivity index (χ1v) is 8.79. The minimum Gasteiger partial charge on any atom is -0.381 e. The van der Waals surface area contributed by atoms with Gasteiger partial charge in [0.2, 0.25) is 0 Å². The second kappa shape index (κ2) is 8.49. The maximum Gasteiger partial charge on any atom is 0.185 e. The predicted octanol–water partition coefficient (Wildman–Crippen LogP) is 5.78. The smallest absolute Gasteiger partial charge is 0.185 e. The number of aryl methyl sites for hydroxylation is 1. The molecule has 1 atom stereocenters. The van der Waals surface area contributed by atoms with Crippen molar-refractivity contribution in [1.29, 1.82) is 0 Å².